The van der Waals surface area contributed by atoms with Crippen molar-refractivity contribution >= 4 is 97.5 Å². The normalized spacial score (nSPS) is 22.9. The molecule has 0 radical (unpaired) electrons. The highest BCUT2D eigenvalue weighted by molar-refractivity contribution is 7.13. The monoisotopic (exact) mass is 1270 g/mol. The minimum Gasteiger partial charge on any atom is -0.495 e. The molecule has 2 saturated heterocycles. The summed E-state index contributed by atoms with van der Waals surface area (Å²) in [7, 11) is 3.09. The predicted octanol–water partition coefficient (Wildman–Crippen LogP) is 11.4. The van der Waals surface area contributed by atoms with Gasteiger partial charge in [0.2, 0.25) is 11.8 Å². The van der Waals surface area contributed by atoms with Crippen LogP contribution in [0.25, 0.3) is 43.2 Å². The summed E-state index contributed by atoms with van der Waals surface area (Å²) >= 11 is 16.4. The van der Waals surface area contributed by atoms with Crippen molar-refractivity contribution in [2.45, 2.75) is 141 Å². The Morgan fingerprint density at radius 2 is 1.18 bits per heavy atom. The van der Waals surface area contributed by atoms with Crippen LogP contribution in [0.15, 0.2) is 72.5 Å². The number of thiazole rings is 2. The van der Waals surface area contributed by atoms with Gasteiger partial charge in [0.25, 0.3) is 0 Å². The second-order valence-corrected chi connectivity index (χ2v) is 25.9. The van der Waals surface area contributed by atoms with Crippen LogP contribution in [0.2, 0.25) is 10.0 Å². The number of hydrogen-bond acceptors (Lipinski definition) is 19. The van der Waals surface area contributed by atoms with Crippen LogP contribution in [0, 0.1) is 11.8 Å². The van der Waals surface area contributed by atoms with Gasteiger partial charge in [0, 0.05) is 64.9 Å². The highest BCUT2D eigenvalue weighted by Crippen LogP contribution is 2.48. The number of carbonyl (C=O) groups excluding carboxylic acids is 5. The lowest BCUT2D eigenvalue weighted by Crippen LogP contribution is -2.53. The van der Waals surface area contributed by atoms with Crippen molar-refractivity contribution in [1.82, 2.24) is 40.8 Å². The first-order valence-corrected chi connectivity index (χ1v) is 31.5. The van der Waals surface area contributed by atoms with Crippen LogP contribution in [-0.2, 0) is 33.4 Å². The zero-order valence-electron chi connectivity index (χ0n) is 50.7. The van der Waals surface area contributed by atoms with Crippen molar-refractivity contribution < 1.29 is 57.1 Å². The first-order valence-electron chi connectivity index (χ1n) is 29.0. The van der Waals surface area contributed by atoms with Gasteiger partial charge < -0.3 is 49.1 Å². The molecule has 87 heavy (non-hydrogen) atoms. The van der Waals surface area contributed by atoms with E-state index in [2.05, 4.69) is 56.8 Å². The molecule has 0 bridgehead atoms. The molecule has 0 unspecified atom stereocenters. The molecular formula is C63H74Cl2N8O12S2. The second kappa shape index (κ2) is 26.3. The molecule has 6 aromatic rings. The molecule has 464 valence electrons. The zero-order chi connectivity index (χ0) is 62.9. The Hall–Kier alpha value is -7.11. The first kappa shape index (κ1) is 64.4. The summed E-state index contributed by atoms with van der Waals surface area (Å²) in [6, 6.07) is 9.36. The third-order valence-electron chi connectivity index (χ3n) is 15.6. The number of likely N-dealkylation sites (tertiary alicyclic amines) is 1. The van der Waals surface area contributed by atoms with Crippen molar-refractivity contribution in [3.8, 4) is 44.4 Å². The smallest absolute Gasteiger partial charge is 0.411 e. The Morgan fingerprint density at radius 1 is 0.713 bits per heavy atom. The average Bonchev–Trinajstić information content (AvgIpc) is 2.18. The highest BCUT2D eigenvalue weighted by atomic mass is 35.5. The van der Waals surface area contributed by atoms with Gasteiger partial charge in [-0.15, -0.1) is 35.8 Å². The molecule has 4 aliphatic rings. The number of amides is 3. The van der Waals surface area contributed by atoms with E-state index in [9.17, 15) is 24.0 Å². The Balaban J connectivity index is 0.000000210. The van der Waals surface area contributed by atoms with E-state index in [1.165, 1.54) is 34.7 Å². The quantitative estimate of drug-likeness (QED) is 0.0366. The van der Waals surface area contributed by atoms with Crippen LogP contribution in [0.5, 0.6) is 23.0 Å². The van der Waals surface area contributed by atoms with Crippen LogP contribution in [0.3, 0.4) is 0 Å². The fourth-order valence-electron chi connectivity index (χ4n) is 10.6. The third kappa shape index (κ3) is 13.6. The minimum atomic E-state index is -1.22. The summed E-state index contributed by atoms with van der Waals surface area (Å²) < 4.78 is 40.1. The fraction of sp³-hybridized carbons (Fsp3) is 0.476. The SMILES string of the molecule is C=C[C@@H]1C[C@]1(NC(=O)[C@@H]1C[C@@H](Oc2cc(-c3nc(C(C)C)cs3)nc3c(Cl)c(OC)ccc23)CN1)C(=O)OCC.C=C[C@@H]1C[C@]1(NC(=O)[C@@H]1C[C@@H](Oc2cc(-c3nc(C(C)C)cs3)nc3c(Cl)c(OC)ccc23)CN1C(=O)OC(C)(C)C)C(=O)OCC. The van der Waals surface area contributed by atoms with E-state index in [0.717, 1.165) is 21.8 Å². The maximum atomic E-state index is 13.9. The molecule has 2 aliphatic carbocycles. The van der Waals surface area contributed by atoms with Crippen LogP contribution >= 0.6 is 45.9 Å². The number of esters is 2. The molecule has 24 heteroatoms. The number of hydrogen-bond donors (Lipinski definition) is 3. The number of ether oxygens (including phenoxy) is 7. The number of nitrogens with zero attached hydrogens (tertiary/aromatic N) is 5. The second-order valence-electron chi connectivity index (χ2n) is 23.4. The van der Waals surface area contributed by atoms with Gasteiger partial charge in [-0.25, -0.2) is 34.3 Å². The lowest BCUT2D eigenvalue weighted by molar-refractivity contribution is -0.149. The summed E-state index contributed by atoms with van der Waals surface area (Å²) in [5, 5.41) is 16.6. The van der Waals surface area contributed by atoms with E-state index in [4.69, 9.17) is 76.3 Å². The zero-order valence-corrected chi connectivity index (χ0v) is 53.8. The molecule has 4 aromatic heterocycles. The lowest BCUT2D eigenvalue weighted by atomic mass is 10.1. The van der Waals surface area contributed by atoms with Gasteiger partial charge in [-0.3, -0.25) is 14.5 Å². The summed E-state index contributed by atoms with van der Waals surface area (Å²) in [5.41, 5.74) is 1.11. The number of nitrogens with one attached hydrogen (secondary N) is 3. The molecule has 8 atom stereocenters. The van der Waals surface area contributed by atoms with Gasteiger partial charge in [0.15, 0.2) is 0 Å². The van der Waals surface area contributed by atoms with E-state index >= 15 is 0 Å². The molecule has 2 aliphatic heterocycles. The molecule has 2 aromatic carbocycles. The maximum absolute atomic E-state index is 13.9. The van der Waals surface area contributed by atoms with Gasteiger partial charge in [-0.05, 0) is 83.6 Å². The van der Waals surface area contributed by atoms with Crippen molar-refractivity contribution in [3.05, 3.63) is 93.9 Å². The Kier molecular flexibility index (Phi) is 19.5. The average molecular weight is 1270 g/mol. The predicted molar refractivity (Wildman–Crippen MR) is 335 cm³/mol. The van der Waals surface area contributed by atoms with Crippen LogP contribution < -0.4 is 34.9 Å². The van der Waals surface area contributed by atoms with Crippen molar-refractivity contribution in [2.24, 2.45) is 11.8 Å². The maximum Gasteiger partial charge on any atom is 0.411 e. The van der Waals surface area contributed by atoms with Gasteiger partial charge >= 0.3 is 18.0 Å². The van der Waals surface area contributed by atoms with E-state index in [1.54, 1.807) is 72.1 Å². The van der Waals surface area contributed by atoms with Crippen molar-refractivity contribution in [3.63, 3.8) is 0 Å². The number of pyridine rings is 2. The number of halogens is 2. The van der Waals surface area contributed by atoms with Gasteiger partial charge in [-0.1, -0.05) is 63.0 Å². The van der Waals surface area contributed by atoms with Crippen molar-refractivity contribution in [2.75, 3.05) is 40.5 Å². The first-order chi connectivity index (χ1) is 41.4. The number of aromatic nitrogens is 4. The van der Waals surface area contributed by atoms with E-state index in [0.29, 0.717) is 91.7 Å². The lowest BCUT2D eigenvalue weighted by Gasteiger charge is -2.28. The molecule has 2 saturated carbocycles. The summed E-state index contributed by atoms with van der Waals surface area (Å²) in [6.07, 6.45) is 3.14. The topological polar surface area (TPSA) is 241 Å². The largest absolute Gasteiger partial charge is 0.495 e. The van der Waals surface area contributed by atoms with Crippen molar-refractivity contribution in [1.29, 1.82) is 0 Å². The summed E-state index contributed by atoms with van der Waals surface area (Å²) in [5.74, 6) is 0.407. The fourth-order valence-corrected chi connectivity index (χ4v) is 13.1. The van der Waals surface area contributed by atoms with Crippen LogP contribution in [0.4, 0.5) is 4.79 Å². The molecule has 3 amide bonds. The van der Waals surface area contributed by atoms with Gasteiger partial charge in [0.1, 0.15) is 89.4 Å². The highest BCUT2D eigenvalue weighted by Gasteiger charge is 2.63. The summed E-state index contributed by atoms with van der Waals surface area (Å²) in [6.45, 7) is 25.6. The third-order valence-corrected chi connectivity index (χ3v) is 18.1. The number of methoxy groups -OCH3 is 2. The molecule has 10 rings (SSSR count). The van der Waals surface area contributed by atoms with E-state index in [-0.39, 0.29) is 61.9 Å². The van der Waals surface area contributed by atoms with E-state index in [1.807, 2.05) is 29.0 Å². The Morgan fingerprint density at radius 3 is 1.60 bits per heavy atom. The molecule has 3 N–H and O–H groups in total. The van der Waals surface area contributed by atoms with Gasteiger partial charge in [-0.2, -0.15) is 0 Å². The number of carbonyl (C=O) groups is 5. The van der Waals surface area contributed by atoms with Crippen LogP contribution in [-0.4, -0.2) is 136 Å². The number of rotatable bonds is 20. The van der Waals surface area contributed by atoms with E-state index < -0.39 is 58.8 Å². The number of benzene rings is 2. The molecule has 20 nitrogen and oxygen atoms in total. The van der Waals surface area contributed by atoms with Gasteiger partial charge in [0.05, 0.1) is 62.4 Å². The molecular weight excluding hydrogens is 1200 g/mol. The Labute approximate surface area is 524 Å². The minimum absolute atomic E-state index is 0.0576. The number of fused-ring (bicyclic) bond motifs is 2. The van der Waals surface area contributed by atoms with Crippen LogP contribution in [0.1, 0.15) is 111 Å². The summed E-state index contributed by atoms with van der Waals surface area (Å²) in [4.78, 5) is 86.5. The molecule has 0 spiro atoms. The standard InChI is InChI=1S/C34H41ClN4O7S.C29H33ClN4O5S/c1-9-19-15-34(19,31(41)44-10-2)38-29(40)24-13-20(16-39(24)32(42)46-33(5,6)7)45-26-14-22(30-37-23(17-47-30)18(3)4)36-28-21(26)11-12-25(43-8)27(28)35;1-6-16-12-29(16,28(36)38-7-2)34-26(35)19-10-17(13-31-19)39-23-11-20(27-33-21(14-40-27)15(3)4)32-25-18(23)8-9-22(37-5)24(25)30/h9,11-12,14,17-20,24H,1,10,13,15-16H2,2-8H3,(H,38,40);6,8-9,11,14-17,19,31H,1,7,10,12-13H2,2-5H3,(H,34,35)/t19-,20-,24+,34-;16-,17-,19+,29-/m11/s1. The molecule has 4 fully saturated rings. The Bertz CT molecular complexity index is 3630. The molecule has 6 heterocycles.